The van der Waals surface area contributed by atoms with Gasteiger partial charge in [-0.25, -0.2) is 0 Å². The molecule has 1 saturated carbocycles. The van der Waals surface area contributed by atoms with Crippen LogP contribution in [-0.4, -0.2) is 31.9 Å². The van der Waals surface area contributed by atoms with E-state index in [9.17, 15) is 14.7 Å². The molecule has 0 bridgehead atoms. The molecule has 0 radical (unpaired) electrons. The second kappa shape index (κ2) is 9.05. The Morgan fingerprint density at radius 2 is 1.89 bits per heavy atom. The number of nitrogens with zero attached hydrogens (tertiary/aromatic N) is 4. The average Bonchev–Trinajstić information content (AvgIpc) is 3.68. The summed E-state index contributed by atoms with van der Waals surface area (Å²) in [5.41, 5.74) is 6.22. The van der Waals surface area contributed by atoms with Crippen molar-refractivity contribution in [3.8, 4) is 11.1 Å². The third-order valence-corrected chi connectivity index (χ3v) is 7.33. The monoisotopic (exact) mass is 495 g/mol. The predicted molar refractivity (Wildman–Crippen MR) is 143 cm³/mol. The topological polar surface area (TPSA) is 92.4 Å². The van der Waals surface area contributed by atoms with Crippen LogP contribution in [0.4, 0.5) is 17.2 Å². The summed E-state index contributed by atoms with van der Waals surface area (Å²) in [7, 11) is 3.50. The van der Waals surface area contributed by atoms with Gasteiger partial charge in [-0.15, -0.1) is 0 Å². The Morgan fingerprint density at radius 1 is 1.05 bits per heavy atom. The van der Waals surface area contributed by atoms with Crippen LogP contribution in [0.2, 0.25) is 0 Å². The third-order valence-electron chi connectivity index (χ3n) is 7.33. The molecule has 2 N–H and O–H groups in total. The molecule has 0 saturated heterocycles. The molecule has 188 valence electrons. The summed E-state index contributed by atoms with van der Waals surface area (Å²) in [6, 6.07) is 15.5. The zero-order valence-electron chi connectivity index (χ0n) is 20.9. The van der Waals surface area contributed by atoms with Gasteiger partial charge in [0.15, 0.2) is 5.82 Å². The summed E-state index contributed by atoms with van der Waals surface area (Å²) in [6.45, 7) is 0.310. The first-order valence-electron chi connectivity index (χ1n) is 12.6. The van der Waals surface area contributed by atoms with Crippen molar-refractivity contribution in [3.05, 3.63) is 93.5 Å². The fourth-order valence-corrected chi connectivity index (χ4v) is 5.24. The highest BCUT2D eigenvalue weighted by Gasteiger charge is 2.30. The normalized spacial score (nSPS) is 15.1. The van der Waals surface area contributed by atoms with E-state index in [-0.39, 0.29) is 18.1 Å². The molecule has 8 nitrogen and oxygen atoms in total. The van der Waals surface area contributed by atoms with Crippen molar-refractivity contribution in [2.24, 2.45) is 14.1 Å². The fourth-order valence-electron chi connectivity index (χ4n) is 5.24. The van der Waals surface area contributed by atoms with E-state index in [2.05, 4.69) is 22.5 Å². The van der Waals surface area contributed by atoms with Gasteiger partial charge in [-0.1, -0.05) is 24.3 Å². The van der Waals surface area contributed by atoms with Crippen LogP contribution < -0.4 is 15.8 Å². The number of aryl methyl sites for hydroxylation is 2. The first kappa shape index (κ1) is 23.2. The lowest BCUT2D eigenvalue weighted by Gasteiger charge is -2.31. The molecule has 0 atom stereocenters. The van der Waals surface area contributed by atoms with Crippen LogP contribution in [0.1, 0.15) is 45.8 Å². The zero-order chi connectivity index (χ0) is 25.7. The highest BCUT2D eigenvalue weighted by atomic mass is 16.3. The summed E-state index contributed by atoms with van der Waals surface area (Å²) < 4.78 is 3.17. The molecule has 3 heterocycles. The number of benzene rings is 2. The van der Waals surface area contributed by atoms with Crippen molar-refractivity contribution in [3.63, 3.8) is 0 Å². The Balaban J connectivity index is 1.38. The summed E-state index contributed by atoms with van der Waals surface area (Å²) in [5.74, 6) is 1.17. The second-order valence-electron chi connectivity index (χ2n) is 9.92. The number of hydrogen-bond donors (Lipinski definition) is 2. The maximum absolute atomic E-state index is 13.6. The predicted octanol–water partition coefficient (Wildman–Crippen LogP) is 4.10. The summed E-state index contributed by atoms with van der Waals surface area (Å²) >= 11 is 0. The van der Waals surface area contributed by atoms with Crippen molar-refractivity contribution in [1.29, 1.82) is 0 Å². The summed E-state index contributed by atoms with van der Waals surface area (Å²) in [5, 5.41) is 17.9. The minimum absolute atomic E-state index is 0.0478. The number of aliphatic hydroxyl groups is 1. The largest absolute Gasteiger partial charge is 0.392 e. The number of fused-ring (bicyclic) bond motifs is 1. The Morgan fingerprint density at radius 3 is 2.62 bits per heavy atom. The summed E-state index contributed by atoms with van der Waals surface area (Å²) in [6.07, 6.45) is 6.78. The van der Waals surface area contributed by atoms with E-state index in [1.54, 1.807) is 41.2 Å². The number of anilines is 3. The molecular formula is C29H29N5O3. The number of pyridine rings is 1. The third kappa shape index (κ3) is 4.23. The number of amides is 1. The Hall–Kier alpha value is -4.17. The fraction of sp³-hybridized carbons (Fsp3) is 0.276. The van der Waals surface area contributed by atoms with Gasteiger partial charge in [0.2, 0.25) is 0 Å². The van der Waals surface area contributed by atoms with E-state index in [1.165, 1.54) is 23.0 Å². The van der Waals surface area contributed by atoms with Gasteiger partial charge in [-0.05, 0) is 60.1 Å². The maximum atomic E-state index is 13.6. The molecule has 37 heavy (non-hydrogen) atoms. The van der Waals surface area contributed by atoms with Gasteiger partial charge < -0.3 is 19.9 Å². The molecule has 1 aliphatic heterocycles. The van der Waals surface area contributed by atoms with Crippen LogP contribution in [0.25, 0.3) is 11.1 Å². The van der Waals surface area contributed by atoms with Crippen LogP contribution >= 0.6 is 0 Å². The van der Waals surface area contributed by atoms with Crippen molar-refractivity contribution in [2.75, 3.05) is 16.8 Å². The van der Waals surface area contributed by atoms with E-state index in [1.807, 2.05) is 31.3 Å². The van der Waals surface area contributed by atoms with Crippen molar-refractivity contribution in [1.82, 2.24) is 14.3 Å². The van der Waals surface area contributed by atoms with Gasteiger partial charge in [0.25, 0.3) is 11.5 Å². The Kier molecular flexibility index (Phi) is 5.68. The standard InChI is InChI=1S/C29H29N5O3/c1-32-16-21(15-25(29(32)37)30-27-11-12-33(2)31-27)22-4-3-5-26(24(22)17-35)34-13-10-20-14-19(18-6-7-18)8-9-23(20)28(34)36/h3-5,8-9,11-12,14-16,18,35H,6-7,10,13,17H2,1-2H3,(H,30,31). The van der Waals surface area contributed by atoms with E-state index < -0.39 is 0 Å². The highest BCUT2D eigenvalue weighted by Crippen LogP contribution is 2.41. The quantitative estimate of drug-likeness (QED) is 0.420. The van der Waals surface area contributed by atoms with E-state index in [4.69, 9.17) is 0 Å². The molecule has 0 unspecified atom stereocenters. The lowest BCUT2D eigenvalue weighted by Crippen LogP contribution is -2.38. The van der Waals surface area contributed by atoms with Crippen LogP contribution in [0.15, 0.2) is 65.7 Å². The zero-order valence-corrected chi connectivity index (χ0v) is 20.9. The smallest absolute Gasteiger partial charge is 0.274 e. The minimum Gasteiger partial charge on any atom is -0.392 e. The molecule has 1 amide bonds. The van der Waals surface area contributed by atoms with Crippen LogP contribution in [-0.2, 0) is 27.1 Å². The number of carbonyl (C=O) groups is 1. The number of aliphatic hydroxyl groups excluding tert-OH is 1. The van der Waals surface area contributed by atoms with E-state index in [0.717, 1.165) is 28.7 Å². The number of nitrogens with one attached hydrogen (secondary N) is 1. The van der Waals surface area contributed by atoms with Gasteiger partial charge in [0.1, 0.15) is 5.69 Å². The summed E-state index contributed by atoms with van der Waals surface area (Å²) in [4.78, 5) is 28.2. The molecular weight excluding hydrogens is 466 g/mol. The van der Waals surface area contributed by atoms with E-state index in [0.29, 0.717) is 35.2 Å². The van der Waals surface area contributed by atoms with Crippen LogP contribution in [0.5, 0.6) is 0 Å². The Bertz CT molecular complexity index is 1580. The molecule has 6 rings (SSSR count). The van der Waals surface area contributed by atoms with E-state index >= 15 is 0 Å². The minimum atomic E-state index is -0.241. The molecule has 2 aliphatic rings. The van der Waals surface area contributed by atoms with Crippen molar-refractivity contribution < 1.29 is 9.90 Å². The van der Waals surface area contributed by atoms with Crippen molar-refractivity contribution >= 4 is 23.1 Å². The molecule has 8 heteroatoms. The lowest BCUT2D eigenvalue weighted by molar-refractivity contribution is 0.0980. The highest BCUT2D eigenvalue weighted by molar-refractivity contribution is 6.09. The number of rotatable bonds is 6. The van der Waals surface area contributed by atoms with Gasteiger partial charge >= 0.3 is 0 Å². The first-order valence-corrected chi connectivity index (χ1v) is 12.6. The lowest BCUT2D eigenvalue weighted by atomic mass is 9.93. The molecule has 2 aromatic carbocycles. The molecule has 1 fully saturated rings. The second-order valence-corrected chi connectivity index (χ2v) is 9.92. The molecule has 1 aliphatic carbocycles. The molecule has 4 aromatic rings. The average molecular weight is 496 g/mol. The SMILES string of the molecule is Cn1ccc(Nc2cc(-c3cccc(N4CCc5cc(C6CC6)ccc5C4=O)c3CO)cn(C)c2=O)n1. The number of aromatic nitrogens is 3. The van der Waals surface area contributed by atoms with Crippen LogP contribution in [0, 0.1) is 0 Å². The molecule has 2 aromatic heterocycles. The molecule has 0 spiro atoms. The van der Waals surface area contributed by atoms with Crippen LogP contribution in [0.3, 0.4) is 0 Å². The van der Waals surface area contributed by atoms with Gasteiger partial charge in [-0.2, -0.15) is 5.10 Å². The van der Waals surface area contributed by atoms with Crippen molar-refractivity contribution in [2.45, 2.75) is 31.8 Å². The number of hydrogen-bond acceptors (Lipinski definition) is 5. The first-order chi connectivity index (χ1) is 17.9. The van der Waals surface area contributed by atoms with Gasteiger partial charge in [0, 0.05) is 55.8 Å². The van der Waals surface area contributed by atoms with Gasteiger partial charge in [-0.3, -0.25) is 14.3 Å². The number of carbonyl (C=O) groups excluding carboxylic acids is 1. The Labute approximate surface area is 214 Å². The van der Waals surface area contributed by atoms with Gasteiger partial charge in [0.05, 0.1) is 12.3 Å². The maximum Gasteiger partial charge on any atom is 0.274 e.